The highest BCUT2D eigenvalue weighted by Crippen LogP contribution is 2.32. The van der Waals surface area contributed by atoms with Crippen LogP contribution in [0.1, 0.15) is 47.9 Å². The second kappa shape index (κ2) is 5.81. The third-order valence-electron chi connectivity index (χ3n) is 4.07. The number of aryl methyl sites for hydroxylation is 1. The highest BCUT2D eigenvalue weighted by atomic mass is 32.2. The Kier molecular flexibility index (Phi) is 4.43. The van der Waals surface area contributed by atoms with Crippen molar-refractivity contribution in [3.63, 3.8) is 0 Å². The molecule has 0 aliphatic heterocycles. The van der Waals surface area contributed by atoms with Crippen LogP contribution in [0.2, 0.25) is 0 Å². The van der Waals surface area contributed by atoms with Gasteiger partial charge in [0.25, 0.3) is 0 Å². The number of hydrogen-bond donors (Lipinski definition) is 1. The lowest BCUT2D eigenvalue weighted by Crippen LogP contribution is -2.41. The molecule has 2 rings (SSSR count). The predicted octanol–water partition coefficient (Wildman–Crippen LogP) is 1.98. The van der Waals surface area contributed by atoms with Crippen molar-refractivity contribution < 1.29 is 17.9 Å². The van der Waals surface area contributed by atoms with Crippen molar-refractivity contribution in [2.45, 2.75) is 51.0 Å². The lowest BCUT2D eigenvalue weighted by molar-refractivity contribution is 0.0519. The van der Waals surface area contributed by atoms with Gasteiger partial charge in [0.2, 0.25) is 10.0 Å². The first-order valence-electron chi connectivity index (χ1n) is 7.15. The molecule has 1 fully saturated rings. The first-order chi connectivity index (χ1) is 9.80. The van der Waals surface area contributed by atoms with Gasteiger partial charge in [0.15, 0.2) is 0 Å². The third-order valence-corrected chi connectivity index (χ3v) is 6.26. The van der Waals surface area contributed by atoms with Gasteiger partial charge >= 0.3 is 5.97 Å². The smallest absolute Gasteiger partial charge is 0.355 e. The van der Waals surface area contributed by atoms with Crippen LogP contribution in [0.15, 0.2) is 4.90 Å². The zero-order chi connectivity index (χ0) is 15.8. The fourth-order valence-electron chi connectivity index (χ4n) is 2.62. The molecule has 6 nitrogen and oxygen atoms in total. The molecule has 0 atom stereocenters. The summed E-state index contributed by atoms with van der Waals surface area (Å²) in [6, 6.07) is 0.0646. The van der Waals surface area contributed by atoms with Gasteiger partial charge in [0.1, 0.15) is 10.6 Å². The molecule has 1 aliphatic rings. The number of rotatable bonds is 5. The number of esters is 1. The summed E-state index contributed by atoms with van der Waals surface area (Å²) in [6.45, 7) is 5.26. The van der Waals surface area contributed by atoms with E-state index in [4.69, 9.17) is 4.74 Å². The fourth-order valence-corrected chi connectivity index (χ4v) is 4.44. The number of aromatic amines is 1. The number of H-pyrrole nitrogens is 1. The van der Waals surface area contributed by atoms with E-state index in [1.165, 1.54) is 4.31 Å². The molecule has 1 aliphatic carbocycles. The summed E-state index contributed by atoms with van der Waals surface area (Å²) >= 11 is 0. The quantitative estimate of drug-likeness (QED) is 0.843. The molecular formula is C14H22N2O4S. The van der Waals surface area contributed by atoms with E-state index in [1.807, 2.05) is 0 Å². The number of hydrogen-bond acceptors (Lipinski definition) is 4. The van der Waals surface area contributed by atoms with E-state index in [0.29, 0.717) is 11.3 Å². The second-order valence-electron chi connectivity index (χ2n) is 5.41. The molecule has 0 saturated heterocycles. The predicted molar refractivity (Wildman–Crippen MR) is 78.8 cm³/mol. The van der Waals surface area contributed by atoms with E-state index in [-0.39, 0.29) is 23.2 Å². The number of aromatic nitrogens is 1. The normalized spacial score (nSPS) is 16.0. The summed E-state index contributed by atoms with van der Waals surface area (Å²) < 4.78 is 31.9. The van der Waals surface area contributed by atoms with Crippen LogP contribution in [0.3, 0.4) is 0 Å². The maximum Gasteiger partial charge on any atom is 0.355 e. The Labute approximate surface area is 125 Å². The van der Waals surface area contributed by atoms with E-state index < -0.39 is 16.0 Å². The van der Waals surface area contributed by atoms with Crippen molar-refractivity contribution in [2.75, 3.05) is 13.7 Å². The van der Waals surface area contributed by atoms with Gasteiger partial charge < -0.3 is 9.72 Å². The molecule has 1 aromatic heterocycles. The van der Waals surface area contributed by atoms with Gasteiger partial charge in [-0.15, -0.1) is 0 Å². The summed E-state index contributed by atoms with van der Waals surface area (Å²) in [4.78, 5) is 14.9. The summed E-state index contributed by atoms with van der Waals surface area (Å²) in [5, 5.41) is 0. The molecule has 1 N–H and O–H groups in total. The molecule has 118 valence electrons. The van der Waals surface area contributed by atoms with Crippen LogP contribution >= 0.6 is 0 Å². The Morgan fingerprint density at radius 2 is 2.00 bits per heavy atom. The minimum absolute atomic E-state index is 0.0646. The highest BCUT2D eigenvalue weighted by Gasteiger charge is 2.35. The maximum absolute atomic E-state index is 12.8. The van der Waals surface area contributed by atoms with E-state index in [0.717, 1.165) is 19.3 Å². The number of carbonyl (C=O) groups excluding carboxylic acids is 1. The average molecular weight is 314 g/mol. The first kappa shape index (κ1) is 16.0. The summed E-state index contributed by atoms with van der Waals surface area (Å²) in [6.07, 6.45) is 2.84. The van der Waals surface area contributed by atoms with Crippen LogP contribution in [-0.2, 0) is 14.8 Å². The molecule has 0 amide bonds. The van der Waals surface area contributed by atoms with Crippen LogP contribution in [-0.4, -0.2) is 43.4 Å². The largest absolute Gasteiger partial charge is 0.461 e. The number of carbonyl (C=O) groups is 1. The van der Waals surface area contributed by atoms with Crippen molar-refractivity contribution >= 4 is 16.0 Å². The molecule has 0 bridgehead atoms. The number of nitrogens with one attached hydrogen (secondary N) is 1. The zero-order valence-corrected chi connectivity index (χ0v) is 13.7. The van der Waals surface area contributed by atoms with Crippen molar-refractivity contribution in [3.8, 4) is 0 Å². The molecule has 0 unspecified atom stereocenters. The fraction of sp³-hybridized carbons (Fsp3) is 0.643. The number of ether oxygens (including phenoxy) is 1. The lowest BCUT2D eigenvalue weighted by Gasteiger charge is -2.33. The average Bonchev–Trinajstić information content (AvgIpc) is 2.63. The minimum atomic E-state index is -3.59. The van der Waals surface area contributed by atoms with E-state index >= 15 is 0 Å². The molecular weight excluding hydrogens is 292 g/mol. The van der Waals surface area contributed by atoms with Crippen molar-refractivity contribution in [1.82, 2.24) is 9.29 Å². The van der Waals surface area contributed by atoms with Crippen molar-refractivity contribution in [1.29, 1.82) is 0 Å². The Balaban J connectivity index is 2.41. The molecule has 1 saturated carbocycles. The standard InChI is InChI=1S/C14H22N2O4S/c1-5-20-14(17)12-9(2)13(10(3)15-12)21(18,19)16(4)11-7-6-8-11/h11,15H,5-8H2,1-4H3. The Hall–Kier alpha value is -1.34. The SMILES string of the molecule is CCOC(=O)c1[nH]c(C)c(S(=O)(=O)N(C)C2CCC2)c1C. The summed E-state index contributed by atoms with van der Waals surface area (Å²) in [7, 11) is -1.99. The lowest BCUT2D eigenvalue weighted by atomic mass is 9.94. The second-order valence-corrected chi connectivity index (χ2v) is 7.34. The minimum Gasteiger partial charge on any atom is -0.461 e. The number of sulfonamides is 1. The highest BCUT2D eigenvalue weighted by molar-refractivity contribution is 7.89. The van der Waals surface area contributed by atoms with Crippen LogP contribution in [0.25, 0.3) is 0 Å². The molecule has 1 heterocycles. The molecule has 0 radical (unpaired) electrons. The van der Waals surface area contributed by atoms with Gasteiger partial charge in [-0.25, -0.2) is 13.2 Å². The Morgan fingerprint density at radius 3 is 2.48 bits per heavy atom. The molecule has 21 heavy (non-hydrogen) atoms. The molecule has 7 heteroatoms. The molecule has 0 aromatic carbocycles. The van der Waals surface area contributed by atoms with Gasteiger partial charge in [-0.1, -0.05) is 6.42 Å². The Bertz CT molecular complexity index is 644. The topological polar surface area (TPSA) is 79.5 Å². The zero-order valence-electron chi connectivity index (χ0n) is 12.9. The van der Waals surface area contributed by atoms with Crippen LogP contribution in [0, 0.1) is 13.8 Å². The Morgan fingerprint density at radius 1 is 1.38 bits per heavy atom. The van der Waals surface area contributed by atoms with Gasteiger partial charge in [0, 0.05) is 24.3 Å². The van der Waals surface area contributed by atoms with Crippen molar-refractivity contribution in [2.24, 2.45) is 0 Å². The van der Waals surface area contributed by atoms with Gasteiger partial charge in [-0.3, -0.25) is 0 Å². The van der Waals surface area contributed by atoms with E-state index in [2.05, 4.69) is 4.98 Å². The molecule has 1 aromatic rings. The van der Waals surface area contributed by atoms with Gasteiger partial charge in [-0.2, -0.15) is 4.31 Å². The monoisotopic (exact) mass is 314 g/mol. The van der Waals surface area contributed by atoms with Crippen LogP contribution in [0.4, 0.5) is 0 Å². The van der Waals surface area contributed by atoms with E-state index in [1.54, 1.807) is 27.8 Å². The summed E-state index contributed by atoms with van der Waals surface area (Å²) in [5.41, 5.74) is 1.12. The third kappa shape index (κ3) is 2.72. The van der Waals surface area contributed by atoms with Gasteiger partial charge in [-0.05, 0) is 33.6 Å². The first-order valence-corrected chi connectivity index (χ1v) is 8.59. The maximum atomic E-state index is 12.8. The van der Waals surface area contributed by atoms with Crippen LogP contribution in [0.5, 0.6) is 0 Å². The van der Waals surface area contributed by atoms with Crippen molar-refractivity contribution in [3.05, 3.63) is 17.0 Å². The molecule has 0 spiro atoms. The van der Waals surface area contributed by atoms with E-state index in [9.17, 15) is 13.2 Å². The van der Waals surface area contributed by atoms with Gasteiger partial charge in [0.05, 0.1) is 6.61 Å². The van der Waals surface area contributed by atoms with Crippen LogP contribution < -0.4 is 0 Å². The summed E-state index contributed by atoms with van der Waals surface area (Å²) in [5.74, 6) is -0.522. The number of nitrogens with zero attached hydrogens (tertiary/aromatic N) is 1.